The van der Waals surface area contributed by atoms with Crippen LogP contribution in [0.4, 0.5) is 11.5 Å². The van der Waals surface area contributed by atoms with Crippen molar-refractivity contribution in [1.29, 1.82) is 0 Å². The van der Waals surface area contributed by atoms with Crippen molar-refractivity contribution in [2.24, 2.45) is 0 Å². The molecule has 2 amide bonds. The number of carbonyl (C=O) groups excluding carboxylic acids is 2. The van der Waals surface area contributed by atoms with Gasteiger partial charge in [-0.1, -0.05) is 32.0 Å². The average molecular weight is 562 g/mol. The Morgan fingerprint density at radius 1 is 1.05 bits per heavy atom. The van der Waals surface area contributed by atoms with Gasteiger partial charge >= 0.3 is 0 Å². The monoisotopic (exact) mass is 561 g/mol. The zero-order valence-electron chi connectivity index (χ0n) is 25.7. The van der Waals surface area contributed by atoms with E-state index in [4.69, 9.17) is 9.26 Å². The molecular weight excluding hydrogens is 518 g/mol. The lowest BCUT2D eigenvalue weighted by atomic mass is 9.79. The molecule has 0 aliphatic carbocycles. The zero-order valence-corrected chi connectivity index (χ0v) is 25.7. The predicted molar refractivity (Wildman–Crippen MR) is 160 cm³/mol. The second kappa shape index (κ2) is 11.3. The van der Waals surface area contributed by atoms with Crippen LogP contribution < -0.4 is 15.4 Å². The van der Waals surface area contributed by atoms with Crippen LogP contribution in [0.15, 0.2) is 47.1 Å². The molecule has 1 aliphatic rings. The van der Waals surface area contributed by atoms with Gasteiger partial charge in [0.05, 0.1) is 12.6 Å². The normalized spacial score (nSPS) is 17.2. The van der Waals surface area contributed by atoms with Crippen molar-refractivity contribution in [3.8, 4) is 5.75 Å². The summed E-state index contributed by atoms with van der Waals surface area (Å²) in [6, 6.07) is 10.7. The van der Waals surface area contributed by atoms with Crippen LogP contribution in [0.25, 0.3) is 0 Å². The van der Waals surface area contributed by atoms with Crippen molar-refractivity contribution in [3.05, 3.63) is 65.2 Å². The number of carbonyl (C=O) groups is 2. The zero-order chi connectivity index (χ0) is 30.2. The first-order valence-corrected chi connectivity index (χ1v) is 14.1. The first-order chi connectivity index (χ1) is 19.0. The van der Waals surface area contributed by atoms with Crippen LogP contribution in [-0.2, 0) is 16.6 Å². The van der Waals surface area contributed by atoms with E-state index in [1.165, 1.54) is 0 Å². The minimum atomic E-state index is -0.316. The van der Waals surface area contributed by atoms with E-state index in [9.17, 15) is 9.59 Å². The Morgan fingerprint density at radius 2 is 1.73 bits per heavy atom. The topological polar surface area (TPSA) is 110 Å². The minimum Gasteiger partial charge on any atom is -0.489 e. The summed E-state index contributed by atoms with van der Waals surface area (Å²) in [6.07, 6.45) is 3.67. The Balaban J connectivity index is 1.32. The standard InChI is InChI=1S/C32H43N5O4/c1-20-14-22(11-10-21(20)15-28(38)35-27-16-26(41-36-27)30(2,3)4)34-29(39)25-13-12-23(19-33-25)40-24-17-31(5,6)37(9)32(7,8)18-24/h10-14,16,19,24H,15,17-18H2,1-9H3,(H,34,39)(H,35,36,38). The van der Waals surface area contributed by atoms with Gasteiger partial charge in [0.25, 0.3) is 5.91 Å². The Labute approximate surface area is 243 Å². The predicted octanol–water partition coefficient (Wildman–Crippen LogP) is 6.14. The molecule has 0 unspecified atom stereocenters. The first kappa shape index (κ1) is 30.2. The molecule has 1 aromatic carbocycles. The highest BCUT2D eigenvalue weighted by atomic mass is 16.5. The minimum absolute atomic E-state index is 0.0182. The second-order valence-electron chi connectivity index (χ2n) is 13.4. The maximum absolute atomic E-state index is 12.9. The summed E-state index contributed by atoms with van der Waals surface area (Å²) in [6.45, 7) is 16.9. The van der Waals surface area contributed by atoms with E-state index in [1.54, 1.807) is 30.5 Å². The van der Waals surface area contributed by atoms with Crippen molar-refractivity contribution < 1.29 is 18.8 Å². The van der Waals surface area contributed by atoms with Crippen LogP contribution in [-0.4, -0.2) is 51.1 Å². The molecule has 0 bridgehead atoms. The van der Waals surface area contributed by atoms with Gasteiger partial charge in [-0.05, 0) is 77.1 Å². The Bertz CT molecular complexity index is 1380. The number of benzene rings is 1. The fourth-order valence-corrected chi connectivity index (χ4v) is 5.35. The number of likely N-dealkylation sites (tertiary alicyclic amines) is 1. The van der Waals surface area contributed by atoms with Crippen molar-refractivity contribution in [2.45, 2.75) is 97.2 Å². The van der Waals surface area contributed by atoms with Crippen LogP contribution in [0.1, 0.15) is 88.7 Å². The largest absolute Gasteiger partial charge is 0.489 e. The molecule has 4 rings (SSSR count). The van der Waals surface area contributed by atoms with E-state index >= 15 is 0 Å². The molecule has 1 fully saturated rings. The number of amides is 2. The van der Waals surface area contributed by atoms with Crippen LogP contribution >= 0.6 is 0 Å². The van der Waals surface area contributed by atoms with Crippen molar-refractivity contribution in [2.75, 3.05) is 17.7 Å². The van der Waals surface area contributed by atoms with E-state index in [1.807, 2.05) is 39.8 Å². The molecular formula is C32H43N5O4. The molecule has 2 aromatic heterocycles. The lowest BCUT2D eigenvalue weighted by Crippen LogP contribution is -2.60. The molecule has 3 heterocycles. The van der Waals surface area contributed by atoms with Gasteiger partial charge in [0.15, 0.2) is 5.82 Å². The molecule has 3 aromatic rings. The van der Waals surface area contributed by atoms with Gasteiger partial charge in [-0.15, -0.1) is 0 Å². The van der Waals surface area contributed by atoms with Gasteiger partial charge in [0.2, 0.25) is 5.91 Å². The summed E-state index contributed by atoms with van der Waals surface area (Å²) in [5.74, 6) is 1.23. The van der Waals surface area contributed by atoms with Gasteiger partial charge < -0.3 is 19.9 Å². The third-order valence-electron chi connectivity index (χ3n) is 8.01. The van der Waals surface area contributed by atoms with Gasteiger partial charge in [0, 0.05) is 41.1 Å². The van der Waals surface area contributed by atoms with E-state index in [-0.39, 0.29) is 40.8 Å². The summed E-state index contributed by atoms with van der Waals surface area (Å²) in [7, 11) is 2.17. The van der Waals surface area contributed by atoms with E-state index < -0.39 is 0 Å². The van der Waals surface area contributed by atoms with Crippen LogP contribution in [0.2, 0.25) is 0 Å². The highest BCUT2D eigenvalue weighted by Crippen LogP contribution is 2.38. The molecule has 0 atom stereocenters. The molecule has 220 valence electrons. The highest BCUT2D eigenvalue weighted by molar-refractivity contribution is 6.03. The Hall–Kier alpha value is -3.72. The third kappa shape index (κ3) is 7.33. The van der Waals surface area contributed by atoms with Crippen molar-refractivity contribution >= 4 is 23.3 Å². The number of aromatic nitrogens is 2. The lowest BCUT2D eigenvalue weighted by molar-refractivity contribution is -0.115. The molecule has 0 radical (unpaired) electrons. The van der Waals surface area contributed by atoms with Gasteiger partial charge in [-0.3, -0.25) is 14.5 Å². The summed E-state index contributed by atoms with van der Waals surface area (Å²) < 4.78 is 11.6. The molecule has 41 heavy (non-hydrogen) atoms. The average Bonchev–Trinajstić information content (AvgIpc) is 3.33. The maximum Gasteiger partial charge on any atom is 0.274 e. The number of ether oxygens (including phenoxy) is 1. The van der Waals surface area contributed by atoms with Crippen molar-refractivity contribution in [1.82, 2.24) is 15.0 Å². The lowest BCUT2D eigenvalue weighted by Gasteiger charge is -2.53. The fraction of sp³-hybridized carbons (Fsp3) is 0.500. The van der Waals surface area contributed by atoms with Crippen LogP contribution in [0, 0.1) is 6.92 Å². The number of hydrogen-bond donors (Lipinski definition) is 2. The van der Waals surface area contributed by atoms with Gasteiger partial charge in [-0.25, -0.2) is 4.98 Å². The van der Waals surface area contributed by atoms with Gasteiger partial charge in [0.1, 0.15) is 23.3 Å². The van der Waals surface area contributed by atoms with Gasteiger partial charge in [-0.2, -0.15) is 0 Å². The quantitative estimate of drug-likeness (QED) is 0.357. The second-order valence-corrected chi connectivity index (χ2v) is 13.4. The number of rotatable bonds is 7. The number of pyridine rings is 1. The molecule has 1 saturated heterocycles. The van der Waals surface area contributed by atoms with Crippen LogP contribution in [0.3, 0.4) is 0 Å². The van der Waals surface area contributed by atoms with E-state index in [0.29, 0.717) is 28.7 Å². The molecule has 1 aliphatic heterocycles. The Morgan fingerprint density at radius 3 is 2.29 bits per heavy atom. The Kier molecular flexibility index (Phi) is 8.32. The molecule has 9 nitrogen and oxygen atoms in total. The van der Waals surface area contributed by atoms with Crippen LogP contribution in [0.5, 0.6) is 5.75 Å². The maximum atomic E-state index is 12.9. The summed E-state index contributed by atoms with van der Waals surface area (Å²) >= 11 is 0. The highest BCUT2D eigenvalue weighted by Gasteiger charge is 2.44. The summed E-state index contributed by atoms with van der Waals surface area (Å²) in [5, 5.41) is 9.62. The van der Waals surface area contributed by atoms with E-state index in [2.05, 4.69) is 60.4 Å². The number of nitrogens with one attached hydrogen (secondary N) is 2. The molecule has 2 N–H and O–H groups in total. The molecule has 0 spiro atoms. The summed E-state index contributed by atoms with van der Waals surface area (Å²) in [4.78, 5) is 32.2. The SMILES string of the molecule is Cc1cc(NC(=O)c2ccc(OC3CC(C)(C)N(C)C(C)(C)C3)cn2)ccc1CC(=O)Nc1cc(C(C)(C)C)on1. The molecule has 9 heteroatoms. The molecule has 0 saturated carbocycles. The number of piperidine rings is 1. The number of hydrogen-bond acceptors (Lipinski definition) is 7. The number of nitrogens with zero attached hydrogens (tertiary/aromatic N) is 3. The fourth-order valence-electron chi connectivity index (χ4n) is 5.35. The number of anilines is 2. The smallest absolute Gasteiger partial charge is 0.274 e. The first-order valence-electron chi connectivity index (χ1n) is 14.1. The third-order valence-corrected chi connectivity index (χ3v) is 8.01. The summed E-state index contributed by atoms with van der Waals surface area (Å²) in [5.41, 5.74) is 2.49. The number of aryl methyl sites for hydroxylation is 1. The van der Waals surface area contributed by atoms with Crippen molar-refractivity contribution in [3.63, 3.8) is 0 Å². The van der Waals surface area contributed by atoms with E-state index in [0.717, 1.165) is 24.0 Å².